The molecule has 0 fully saturated rings. The third-order valence-electron chi connectivity index (χ3n) is 5.58. The molecular weight excluding hydrogens is 557 g/mol. The van der Waals surface area contributed by atoms with E-state index in [9.17, 15) is 17.6 Å². The van der Waals surface area contributed by atoms with Gasteiger partial charge in [-0.05, 0) is 74.0 Å². The Morgan fingerprint density at radius 1 is 1.22 bits per heavy atom. The normalized spacial score (nSPS) is 12.8. The first-order chi connectivity index (χ1) is 17.5. The van der Waals surface area contributed by atoms with Gasteiger partial charge in [0.2, 0.25) is 0 Å². The maximum Gasteiger partial charge on any atom is 0.344 e. The van der Waals surface area contributed by atoms with E-state index >= 15 is 0 Å². The van der Waals surface area contributed by atoms with Crippen LogP contribution in [0.5, 0.6) is 5.75 Å². The molecule has 1 heterocycles. The van der Waals surface area contributed by atoms with E-state index in [1.165, 1.54) is 16.4 Å². The fourth-order valence-corrected chi connectivity index (χ4v) is 8.84. The van der Waals surface area contributed by atoms with Crippen molar-refractivity contribution in [3.63, 3.8) is 0 Å². The van der Waals surface area contributed by atoms with E-state index in [-0.39, 0.29) is 21.1 Å². The number of esters is 1. The summed E-state index contributed by atoms with van der Waals surface area (Å²) in [6.45, 7) is 10.1. The fourth-order valence-electron chi connectivity index (χ4n) is 3.87. The Hall–Kier alpha value is -1.85. The van der Waals surface area contributed by atoms with E-state index in [4.69, 9.17) is 21.1 Å². The topological polar surface area (TPSA) is 72.9 Å². The first-order valence-electron chi connectivity index (χ1n) is 11.9. The van der Waals surface area contributed by atoms with Crippen molar-refractivity contribution in [2.24, 2.45) is 0 Å². The van der Waals surface area contributed by atoms with Gasteiger partial charge < -0.3 is 9.47 Å². The highest BCUT2D eigenvalue weighted by molar-refractivity contribution is 8.00. The molecule has 11 heteroatoms. The summed E-state index contributed by atoms with van der Waals surface area (Å²) in [5.41, 5.74) is 1.40. The molecule has 0 spiro atoms. The van der Waals surface area contributed by atoms with Crippen molar-refractivity contribution in [1.82, 2.24) is 4.31 Å². The van der Waals surface area contributed by atoms with E-state index in [2.05, 4.69) is 0 Å². The van der Waals surface area contributed by atoms with Gasteiger partial charge in [-0.15, -0.1) is 23.1 Å². The zero-order valence-electron chi connectivity index (χ0n) is 21.5. The van der Waals surface area contributed by atoms with Crippen molar-refractivity contribution >= 4 is 60.8 Å². The second-order valence-electron chi connectivity index (χ2n) is 8.59. The number of benzene rings is 2. The van der Waals surface area contributed by atoms with Gasteiger partial charge in [-0.25, -0.2) is 17.6 Å². The number of thiophene rings is 1. The number of thioether (sulfide) groups is 1. The average Bonchev–Trinajstić information content (AvgIpc) is 3.14. The number of hydrogen-bond acceptors (Lipinski definition) is 7. The highest BCUT2D eigenvalue weighted by atomic mass is 35.5. The van der Waals surface area contributed by atoms with Gasteiger partial charge in [0.25, 0.3) is 10.0 Å². The highest BCUT2D eigenvalue weighted by Crippen LogP contribution is 2.38. The predicted molar refractivity (Wildman–Crippen MR) is 149 cm³/mol. The second kappa shape index (κ2) is 12.8. The Labute approximate surface area is 231 Å². The summed E-state index contributed by atoms with van der Waals surface area (Å²) in [6, 6.07) is 8.42. The van der Waals surface area contributed by atoms with Gasteiger partial charge in [0.05, 0.1) is 11.6 Å². The number of fused-ring (bicyclic) bond motifs is 1. The third kappa shape index (κ3) is 7.17. The lowest BCUT2D eigenvalue weighted by molar-refractivity contribution is -0.145. The minimum absolute atomic E-state index is 0.0271. The molecule has 1 aromatic heterocycles. The van der Waals surface area contributed by atoms with Crippen molar-refractivity contribution in [1.29, 1.82) is 0 Å². The summed E-state index contributed by atoms with van der Waals surface area (Å²) in [4.78, 5) is 12.5. The Bertz CT molecular complexity index is 1380. The molecule has 3 rings (SSSR count). The molecule has 0 unspecified atom stereocenters. The number of ether oxygens (including phenoxy) is 2. The van der Waals surface area contributed by atoms with Crippen LogP contribution in [0.3, 0.4) is 0 Å². The van der Waals surface area contributed by atoms with Gasteiger partial charge in [0.1, 0.15) is 15.8 Å². The minimum Gasteiger partial charge on any atom is -0.482 e. The maximum absolute atomic E-state index is 14.0. The molecule has 2 aromatic carbocycles. The van der Waals surface area contributed by atoms with Gasteiger partial charge in [0.15, 0.2) is 6.61 Å². The first-order valence-corrected chi connectivity index (χ1v) is 15.4. The lowest BCUT2D eigenvalue weighted by atomic mass is 10.2. The van der Waals surface area contributed by atoms with E-state index < -0.39 is 21.8 Å². The standard InChI is InChI=1S/C26H31ClFNO5S3/c1-6-10-29(37(31,32)26-18(5)20-12-22(28)21(27)13-24(20)36-26)14-17(4)35-19-8-9-23(16(3)11-19)34-15-25(30)33-7-2/h8-9,11-13,17H,6-7,10,14-15H2,1-5H3/t17-/m1/s1. The van der Waals surface area contributed by atoms with Crippen LogP contribution in [0, 0.1) is 19.7 Å². The number of rotatable bonds is 12. The van der Waals surface area contributed by atoms with Gasteiger partial charge >= 0.3 is 5.97 Å². The Balaban J connectivity index is 1.76. The second-order valence-corrected chi connectivity index (χ2v) is 13.7. The van der Waals surface area contributed by atoms with Crippen LogP contribution >= 0.6 is 34.7 Å². The molecular formula is C26H31ClFNO5S3. The monoisotopic (exact) mass is 587 g/mol. The van der Waals surface area contributed by atoms with E-state index in [1.807, 2.05) is 32.9 Å². The van der Waals surface area contributed by atoms with Crippen LogP contribution in [0.1, 0.15) is 38.3 Å². The molecule has 1 atom stereocenters. The van der Waals surface area contributed by atoms with Crippen LogP contribution in [0.4, 0.5) is 4.39 Å². The Kier molecular flexibility index (Phi) is 10.3. The van der Waals surface area contributed by atoms with Gasteiger partial charge in [-0.1, -0.05) is 25.4 Å². The number of aryl methyl sites for hydroxylation is 2. The lowest BCUT2D eigenvalue weighted by Crippen LogP contribution is -2.36. The quantitative estimate of drug-likeness (QED) is 0.171. The fraction of sp³-hybridized carbons (Fsp3) is 0.423. The molecule has 0 saturated carbocycles. The van der Waals surface area contributed by atoms with Gasteiger partial charge in [-0.3, -0.25) is 0 Å². The molecule has 0 N–H and O–H groups in total. The average molecular weight is 588 g/mol. The van der Waals surface area contributed by atoms with Crippen molar-refractivity contribution in [2.75, 3.05) is 26.3 Å². The molecule has 37 heavy (non-hydrogen) atoms. The zero-order chi connectivity index (χ0) is 27.3. The van der Waals surface area contributed by atoms with Crippen LogP contribution in [0.2, 0.25) is 5.02 Å². The first kappa shape index (κ1) is 29.7. The van der Waals surface area contributed by atoms with Gasteiger partial charge in [-0.2, -0.15) is 4.31 Å². The van der Waals surface area contributed by atoms with Crippen molar-refractivity contribution < 1.29 is 27.1 Å². The molecule has 0 aliphatic carbocycles. The van der Waals surface area contributed by atoms with E-state index in [0.717, 1.165) is 21.8 Å². The largest absolute Gasteiger partial charge is 0.482 e. The number of sulfonamides is 1. The molecule has 0 aliphatic rings. The van der Waals surface area contributed by atoms with Crippen molar-refractivity contribution in [2.45, 2.75) is 55.4 Å². The van der Waals surface area contributed by atoms with E-state index in [0.29, 0.717) is 47.5 Å². The summed E-state index contributed by atoms with van der Waals surface area (Å²) in [5, 5.41) is 0.486. The van der Waals surface area contributed by atoms with Crippen LogP contribution in [-0.2, 0) is 19.6 Å². The third-order valence-corrected chi connectivity index (χ3v) is 10.7. The predicted octanol–water partition coefficient (Wildman–Crippen LogP) is 6.83. The number of halogens is 2. The lowest BCUT2D eigenvalue weighted by Gasteiger charge is -2.24. The van der Waals surface area contributed by atoms with Crippen molar-refractivity contribution in [3.05, 3.63) is 52.3 Å². The highest BCUT2D eigenvalue weighted by Gasteiger charge is 2.30. The summed E-state index contributed by atoms with van der Waals surface area (Å²) in [7, 11) is -3.79. The number of carbonyl (C=O) groups is 1. The van der Waals surface area contributed by atoms with Crippen molar-refractivity contribution in [3.8, 4) is 5.75 Å². The van der Waals surface area contributed by atoms with Crippen LogP contribution in [0.25, 0.3) is 10.1 Å². The number of nitrogens with zero attached hydrogens (tertiary/aromatic N) is 1. The molecule has 6 nitrogen and oxygen atoms in total. The zero-order valence-corrected chi connectivity index (χ0v) is 24.7. The van der Waals surface area contributed by atoms with E-state index in [1.54, 1.807) is 31.7 Å². The number of carbonyl (C=O) groups excluding carboxylic acids is 1. The molecule has 3 aromatic rings. The molecule has 0 saturated heterocycles. The Morgan fingerprint density at radius 3 is 2.59 bits per heavy atom. The summed E-state index contributed by atoms with van der Waals surface area (Å²) in [5.74, 6) is -0.396. The summed E-state index contributed by atoms with van der Waals surface area (Å²) < 4.78 is 54.2. The molecule has 0 aliphatic heterocycles. The van der Waals surface area contributed by atoms with Gasteiger partial charge in [0, 0.05) is 27.9 Å². The van der Waals surface area contributed by atoms with Crippen LogP contribution in [0.15, 0.2) is 39.4 Å². The molecule has 0 amide bonds. The van der Waals surface area contributed by atoms with Crippen LogP contribution in [-0.4, -0.2) is 50.2 Å². The molecule has 0 bridgehead atoms. The number of hydrogen-bond donors (Lipinski definition) is 0. The SMILES string of the molecule is CCCN(C[C@@H](C)Sc1ccc(OCC(=O)OCC)c(C)c1)S(=O)(=O)c1sc2cc(Cl)c(F)cc2c1C. The minimum atomic E-state index is -3.79. The summed E-state index contributed by atoms with van der Waals surface area (Å²) >= 11 is 8.61. The Morgan fingerprint density at radius 2 is 1.95 bits per heavy atom. The van der Waals surface area contributed by atoms with Crippen LogP contribution < -0.4 is 4.74 Å². The maximum atomic E-state index is 14.0. The summed E-state index contributed by atoms with van der Waals surface area (Å²) in [6.07, 6.45) is 0.659. The molecule has 202 valence electrons. The smallest absolute Gasteiger partial charge is 0.344 e. The molecule has 0 radical (unpaired) electrons.